The zero-order valence-electron chi connectivity index (χ0n) is 11.8. The third kappa shape index (κ3) is 6.39. The molecule has 1 aliphatic rings. The molecule has 0 amide bonds. The molecule has 0 aromatic heterocycles. The van der Waals surface area contributed by atoms with Crippen molar-refractivity contribution in [3.8, 4) is 0 Å². The van der Waals surface area contributed by atoms with E-state index >= 15 is 0 Å². The lowest BCUT2D eigenvalue weighted by Crippen LogP contribution is -2.42. The van der Waals surface area contributed by atoms with Crippen molar-refractivity contribution in [2.75, 3.05) is 19.7 Å². The van der Waals surface area contributed by atoms with Crippen molar-refractivity contribution in [1.82, 2.24) is 10.6 Å². The Bertz CT molecular complexity index is 200. The Morgan fingerprint density at radius 1 is 1.41 bits per heavy atom. The zero-order valence-corrected chi connectivity index (χ0v) is 11.8. The van der Waals surface area contributed by atoms with Gasteiger partial charge in [0.25, 0.3) is 0 Å². The molecule has 1 aliphatic heterocycles. The first-order chi connectivity index (χ1) is 8.03. The summed E-state index contributed by atoms with van der Waals surface area (Å²) >= 11 is 0. The fourth-order valence-electron chi connectivity index (χ4n) is 2.48. The molecule has 0 spiro atoms. The molecule has 2 atom stereocenters. The van der Waals surface area contributed by atoms with Gasteiger partial charge in [-0.2, -0.15) is 0 Å². The van der Waals surface area contributed by atoms with Gasteiger partial charge < -0.3 is 15.7 Å². The first-order valence-electron chi connectivity index (χ1n) is 7.11. The van der Waals surface area contributed by atoms with E-state index in [1.165, 1.54) is 32.2 Å². The predicted molar refractivity (Wildman–Crippen MR) is 73.2 cm³/mol. The molecule has 1 heterocycles. The number of nitrogens with one attached hydrogen (secondary N) is 2. The van der Waals surface area contributed by atoms with Gasteiger partial charge in [-0.15, -0.1) is 0 Å². The SMILES string of the molecule is CC(CC1CCCCN1)NCC(C)(C)CCO. The van der Waals surface area contributed by atoms with Crippen LogP contribution in [0.25, 0.3) is 0 Å². The van der Waals surface area contributed by atoms with Crippen LogP contribution in [0.15, 0.2) is 0 Å². The number of rotatable bonds is 7. The highest BCUT2D eigenvalue weighted by atomic mass is 16.3. The Kier molecular flexibility index (Phi) is 6.45. The molecule has 3 heteroatoms. The van der Waals surface area contributed by atoms with Crippen molar-refractivity contribution in [3.63, 3.8) is 0 Å². The van der Waals surface area contributed by atoms with E-state index in [9.17, 15) is 0 Å². The van der Waals surface area contributed by atoms with Gasteiger partial charge in [0.15, 0.2) is 0 Å². The summed E-state index contributed by atoms with van der Waals surface area (Å²) in [5.41, 5.74) is 0.197. The van der Waals surface area contributed by atoms with Gasteiger partial charge in [-0.3, -0.25) is 0 Å². The summed E-state index contributed by atoms with van der Waals surface area (Å²) in [5, 5.41) is 16.2. The number of aliphatic hydroxyl groups is 1. The van der Waals surface area contributed by atoms with E-state index in [0.717, 1.165) is 13.0 Å². The highest BCUT2D eigenvalue weighted by Gasteiger charge is 2.20. The number of hydrogen-bond acceptors (Lipinski definition) is 3. The van der Waals surface area contributed by atoms with E-state index < -0.39 is 0 Å². The largest absolute Gasteiger partial charge is 0.396 e. The van der Waals surface area contributed by atoms with Crippen molar-refractivity contribution in [2.24, 2.45) is 5.41 Å². The summed E-state index contributed by atoms with van der Waals surface area (Å²) in [7, 11) is 0. The highest BCUT2D eigenvalue weighted by molar-refractivity contribution is 4.79. The van der Waals surface area contributed by atoms with Gasteiger partial charge in [0, 0.05) is 25.2 Å². The maximum Gasteiger partial charge on any atom is 0.0436 e. The lowest BCUT2D eigenvalue weighted by molar-refractivity contribution is 0.201. The monoisotopic (exact) mass is 242 g/mol. The molecule has 17 heavy (non-hydrogen) atoms. The first-order valence-corrected chi connectivity index (χ1v) is 7.11. The quantitative estimate of drug-likeness (QED) is 0.639. The molecule has 1 fully saturated rings. The fourth-order valence-corrected chi connectivity index (χ4v) is 2.48. The van der Waals surface area contributed by atoms with Crippen LogP contribution < -0.4 is 10.6 Å². The standard InChI is InChI=1S/C14H30N2O/c1-12(10-13-6-4-5-8-15-13)16-11-14(2,3)7-9-17/h12-13,15-17H,4-11H2,1-3H3. The summed E-state index contributed by atoms with van der Waals surface area (Å²) in [6, 6.07) is 1.26. The third-order valence-corrected chi connectivity index (χ3v) is 3.77. The summed E-state index contributed by atoms with van der Waals surface area (Å²) in [4.78, 5) is 0. The smallest absolute Gasteiger partial charge is 0.0436 e. The van der Waals surface area contributed by atoms with Crippen LogP contribution in [0.1, 0.15) is 52.9 Å². The van der Waals surface area contributed by atoms with E-state index in [2.05, 4.69) is 31.4 Å². The van der Waals surface area contributed by atoms with E-state index in [4.69, 9.17) is 5.11 Å². The predicted octanol–water partition coefficient (Wildman–Crippen LogP) is 1.91. The second-order valence-corrected chi connectivity index (χ2v) is 6.30. The molecule has 1 rings (SSSR count). The fraction of sp³-hybridized carbons (Fsp3) is 1.00. The lowest BCUT2D eigenvalue weighted by Gasteiger charge is -2.30. The van der Waals surface area contributed by atoms with E-state index in [1.54, 1.807) is 0 Å². The second-order valence-electron chi connectivity index (χ2n) is 6.30. The zero-order chi connectivity index (χ0) is 12.7. The second kappa shape index (κ2) is 7.34. The van der Waals surface area contributed by atoms with E-state index in [1.807, 2.05) is 0 Å². The van der Waals surface area contributed by atoms with Crippen LogP contribution >= 0.6 is 0 Å². The Balaban J connectivity index is 2.17. The highest BCUT2D eigenvalue weighted by Crippen LogP contribution is 2.19. The van der Waals surface area contributed by atoms with Crippen LogP contribution in [0, 0.1) is 5.41 Å². The van der Waals surface area contributed by atoms with E-state index in [-0.39, 0.29) is 12.0 Å². The Labute approximate surface area is 106 Å². The molecule has 1 saturated heterocycles. The Morgan fingerprint density at radius 2 is 2.18 bits per heavy atom. The molecule has 102 valence electrons. The van der Waals surface area contributed by atoms with Crippen molar-refractivity contribution < 1.29 is 5.11 Å². The van der Waals surface area contributed by atoms with Crippen molar-refractivity contribution in [3.05, 3.63) is 0 Å². The van der Waals surface area contributed by atoms with Crippen molar-refractivity contribution >= 4 is 0 Å². The lowest BCUT2D eigenvalue weighted by atomic mass is 9.89. The number of piperidine rings is 1. The molecule has 0 aliphatic carbocycles. The summed E-state index contributed by atoms with van der Waals surface area (Å²) in [6.45, 7) is 9.15. The molecular weight excluding hydrogens is 212 g/mol. The van der Waals surface area contributed by atoms with Crippen LogP contribution in [-0.2, 0) is 0 Å². The Morgan fingerprint density at radius 3 is 2.76 bits per heavy atom. The van der Waals surface area contributed by atoms with E-state index in [0.29, 0.717) is 12.1 Å². The van der Waals surface area contributed by atoms with Crippen LogP contribution in [0.5, 0.6) is 0 Å². The first kappa shape index (κ1) is 14.9. The molecule has 0 bridgehead atoms. The average Bonchev–Trinajstić information content (AvgIpc) is 2.28. The van der Waals surface area contributed by atoms with Crippen molar-refractivity contribution in [1.29, 1.82) is 0 Å². The molecule has 0 aromatic rings. The Hall–Kier alpha value is -0.120. The maximum absolute atomic E-state index is 8.99. The van der Waals surface area contributed by atoms with Crippen molar-refractivity contribution in [2.45, 2.75) is 65.0 Å². The molecule has 3 N–H and O–H groups in total. The minimum atomic E-state index is 0.197. The molecule has 2 unspecified atom stereocenters. The third-order valence-electron chi connectivity index (χ3n) is 3.77. The van der Waals surface area contributed by atoms with Crippen LogP contribution in [0.3, 0.4) is 0 Å². The van der Waals surface area contributed by atoms with Crippen LogP contribution in [0.4, 0.5) is 0 Å². The number of aliphatic hydroxyl groups excluding tert-OH is 1. The summed E-state index contributed by atoms with van der Waals surface area (Å²) < 4.78 is 0. The molecule has 0 saturated carbocycles. The van der Waals surface area contributed by atoms with Gasteiger partial charge in [-0.05, 0) is 44.6 Å². The average molecular weight is 242 g/mol. The minimum Gasteiger partial charge on any atom is -0.396 e. The normalized spacial score (nSPS) is 23.6. The van der Waals surface area contributed by atoms with Gasteiger partial charge >= 0.3 is 0 Å². The summed E-state index contributed by atoms with van der Waals surface area (Å²) in [5.74, 6) is 0. The maximum atomic E-state index is 8.99. The number of hydrogen-bond donors (Lipinski definition) is 3. The molecule has 0 aromatic carbocycles. The minimum absolute atomic E-state index is 0.197. The van der Waals surface area contributed by atoms with Gasteiger partial charge in [0.2, 0.25) is 0 Å². The van der Waals surface area contributed by atoms with Gasteiger partial charge in [0.05, 0.1) is 0 Å². The molecule has 0 radical (unpaired) electrons. The molecule has 3 nitrogen and oxygen atoms in total. The van der Waals surface area contributed by atoms with Gasteiger partial charge in [0.1, 0.15) is 0 Å². The van der Waals surface area contributed by atoms with Crippen LogP contribution in [-0.4, -0.2) is 36.9 Å². The molecular formula is C14H30N2O. The summed E-state index contributed by atoms with van der Waals surface area (Å²) in [6.07, 6.45) is 6.12. The topological polar surface area (TPSA) is 44.3 Å². The van der Waals surface area contributed by atoms with Gasteiger partial charge in [-0.25, -0.2) is 0 Å². The van der Waals surface area contributed by atoms with Crippen LogP contribution in [0.2, 0.25) is 0 Å². The van der Waals surface area contributed by atoms with Gasteiger partial charge in [-0.1, -0.05) is 20.3 Å².